The van der Waals surface area contributed by atoms with Crippen LogP contribution in [0.15, 0.2) is 78.0 Å². The Bertz CT molecular complexity index is 1170. The highest BCUT2D eigenvalue weighted by Gasteiger charge is 2.44. The third-order valence-electron chi connectivity index (χ3n) is 6.24. The maximum absolute atomic E-state index is 10.5. The van der Waals surface area contributed by atoms with Gasteiger partial charge in [0.1, 0.15) is 31.0 Å². The van der Waals surface area contributed by atoms with Gasteiger partial charge < -0.3 is 29.6 Å². The van der Waals surface area contributed by atoms with Crippen LogP contribution in [0.1, 0.15) is 40.8 Å². The van der Waals surface area contributed by atoms with Crippen molar-refractivity contribution in [3.8, 4) is 0 Å². The standard InChI is InChI=1S/C28H30ClNO6/c1-17(30-35-16-19-6-4-3-5-7-19)20-10-8-18(9-11-20)14-22-15-21(12-13-23(22)29)27-25(32)24(31)26(33)28(34-2)36-27/h3-13,15,24-28,31-33H,14,16H2,1-2H3. The van der Waals surface area contributed by atoms with Crippen LogP contribution >= 0.6 is 11.6 Å². The molecule has 0 aromatic heterocycles. The molecule has 1 aliphatic rings. The van der Waals surface area contributed by atoms with Crippen LogP contribution in [-0.4, -0.2) is 52.7 Å². The molecule has 3 aromatic carbocycles. The first-order chi connectivity index (χ1) is 17.4. The van der Waals surface area contributed by atoms with Gasteiger partial charge in [-0.25, -0.2) is 0 Å². The van der Waals surface area contributed by atoms with Crippen molar-refractivity contribution < 1.29 is 29.6 Å². The van der Waals surface area contributed by atoms with Gasteiger partial charge in [-0.05, 0) is 47.2 Å². The van der Waals surface area contributed by atoms with E-state index in [0.29, 0.717) is 23.6 Å². The predicted octanol–water partition coefficient (Wildman–Crippen LogP) is 4.00. The van der Waals surface area contributed by atoms with Gasteiger partial charge in [-0.1, -0.05) is 83.5 Å². The van der Waals surface area contributed by atoms with Crippen LogP contribution in [0.25, 0.3) is 0 Å². The van der Waals surface area contributed by atoms with Crippen LogP contribution in [0, 0.1) is 0 Å². The second-order valence-electron chi connectivity index (χ2n) is 8.79. The summed E-state index contributed by atoms with van der Waals surface area (Å²) in [5, 5.41) is 35.5. The quantitative estimate of drug-likeness (QED) is 0.312. The van der Waals surface area contributed by atoms with Crippen molar-refractivity contribution in [3.63, 3.8) is 0 Å². The number of halogens is 1. The number of aliphatic hydroxyl groups excluding tert-OH is 3. The average molecular weight is 512 g/mol. The lowest BCUT2D eigenvalue weighted by Crippen LogP contribution is -2.54. The van der Waals surface area contributed by atoms with Crippen LogP contribution in [0.5, 0.6) is 0 Å². The van der Waals surface area contributed by atoms with Gasteiger partial charge in [0.05, 0.1) is 5.71 Å². The maximum atomic E-state index is 10.5. The van der Waals surface area contributed by atoms with Gasteiger partial charge in [0, 0.05) is 12.1 Å². The molecule has 8 heteroatoms. The second kappa shape index (κ2) is 12.0. The zero-order valence-electron chi connectivity index (χ0n) is 20.1. The van der Waals surface area contributed by atoms with Crippen molar-refractivity contribution in [2.24, 2.45) is 5.16 Å². The molecule has 0 amide bonds. The van der Waals surface area contributed by atoms with Crippen molar-refractivity contribution >= 4 is 17.3 Å². The molecular weight excluding hydrogens is 482 g/mol. The van der Waals surface area contributed by atoms with Crippen LogP contribution in [-0.2, 0) is 27.3 Å². The van der Waals surface area contributed by atoms with Gasteiger partial charge in [0.25, 0.3) is 0 Å². The lowest BCUT2D eigenvalue weighted by molar-refractivity contribution is -0.292. The molecule has 1 fully saturated rings. The Labute approximate surface area is 215 Å². The summed E-state index contributed by atoms with van der Waals surface area (Å²) in [6, 6.07) is 23.1. The highest BCUT2D eigenvalue weighted by Crippen LogP contribution is 2.34. The molecule has 0 spiro atoms. The fourth-order valence-corrected chi connectivity index (χ4v) is 4.32. The molecule has 5 atom stereocenters. The summed E-state index contributed by atoms with van der Waals surface area (Å²) in [6.07, 6.45) is -5.44. The van der Waals surface area contributed by atoms with Gasteiger partial charge in [0.2, 0.25) is 0 Å². The molecule has 1 heterocycles. The van der Waals surface area contributed by atoms with Gasteiger partial charge >= 0.3 is 0 Å². The SMILES string of the molecule is COC1OC(c2ccc(Cl)c(Cc3ccc(C(C)=NOCc4ccccc4)cc3)c2)C(O)C(O)C1O. The van der Waals surface area contributed by atoms with E-state index in [-0.39, 0.29) is 0 Å². The molecule has 0 radical (unpaired) electrons. The molecule has 36 heavy (non-hydrogen) atoms. The number of hydrogen-bond donors (Lipinski definition) is 3. The summed E-state index contributed by atoms with van der Waals surface area (Å²) in [4.78, 5) is 5.48. The zero-order valence-corrected chi connectivity index (χ0v) is 20.9. The molecule has 4 rings (SSSR count). The van der Waals surface area contributed by atoms with E-state index in [1.807, 2.05) is 67.6 Å². The Hall–Kier alpha value is -2.78. The van der Waals surface area contributed by atoms with E-state index in [9.17, 15) is 15.3 Å². The number of ether oxygens (including phenoxy) is 2. The van der Waals surface area contributed by atoms with Crippen LogP contribution < -0.4 is 0 Å². The zero-order chi connectivity index (χ0) is 25.7. The first-order valence-electron chi connectivity index (χ1n) is 11.7. The first-order valence-corrected chi connectivity index (χ1v) is 12.1. The third-order valence-corrected chi connectivity index (χ3v) is 6.61. The summed E-state index contributed by atoms with van der Waals surface area (Å²) in [5.74, 6) is 0. The molecular formula is C28H30ClNO6. The van der Waals surface area contributed by atoms with Crippen LogP contribution in [0.3, 0.4) is 0 Å². The minimum Gasteiger partial charge on any atom is -0.391 e. The largest absolute Gasteiger partial charge is 0.391 e. The summed E-state index contributed by atoms with van der Waals surface area (Å²) in [6.45, 7) is 2.31. The average Bonchev–Trinajstić information content (AvgIpc) is 2.90. The monoisotopic (exact) mass is 511 g/mol. The summed E-state index contributed by atoms with van der Waals surface area (Å²) in [5.41, 5.74) is 5.27. The maximum Gasteiger partial charge on any atom is 0.186 e. The second-order valence-corrected chi connectivity index (χ2v) is 9.20. The van der Waals surface area contributed by atoms with E-state index in [1.54, 1.807) is 12.1 Å². The minimum absolute atomic E-state index is 0.408. The Kier molecular flexibility index (Phi) is 8.74. The minimum atomic E-state index is -1.40. The van der Waals surface area contributed by atoms with Gasteiger partial charge in [-0.15, -0.1) is 0 Å². The highest BCUT2D eigenvalue weighted by molar-refractivity contribution is 6.31. The van der Waals surface area contributed by atoms with Gasteiger partial charge in [-0.2, -0.15) is 0 Å². The molecule has 5 unspecified atom stereocenters. The molecule has 0 bridgehead atoms. The van der Waals surface area contributed by atoms with E-state index in [0.717, 1.165) is 28.0 Å². The molecule has 0 saturated carbocycles. The third kappa shape index (κ3) is 6.13. The van der Waals surface area contributed by atoms with Crippen molar-refractivity contribution in [2.75, 3.05) is 7.11 Å². The highest BCUT2D eigenvalue weighted by atomic mass is 35.5. The molecule has 1 aliphatic heterocycles. The van der Waals surface area contributed by atoms with E-state index < -0.39 is 30.7 Å². The van der Waals surface area contributed by atoms with E-state index in [2.05, 4.69) is 5.16 Å². The first kappa shape index (κ1) is 26.3. The summed E-state index contributed by atoms with van der Waals surface area (Å²) in [7, 11) is 1.37. The van der Waals surface area contributed by atoms with E-state index in [1.165, 1.54) is 7.11 Å². The number of oxime groups is 1. The molecule has 3 aromatic rings. The Balaban J connectivity index is 1.44. The van der Waals surface area contributed by atoms with E-state index >= 15 is 0 Å². The topological polar surface area (TPSA) is 101 Å². The molecule has 3 N–H and O–H groups in total. The van der Waals surface area contributed by atoms with Crippen molar-refractivity contribution in [1.82, 2.24) is 0 Å². The predicted molar refractivity (Wildman–Crippen MR) is 137 cm³/mol. The lowest BCUT2D eigenvalue weighted by Gasteiger charge is -2.40. The lowest BCUT2D eigenvalue weighted by atomic mass is 9.92. The summed E-state index contributed by atoms with van der Waals surface area (Å²) < 4.78 is 10.8. The normalized spacial score (nSPS) is 24.5. The van der Waals surface area contributed by atoms with Crippen LogP contribution in [0.2, 0.25) is 5.02 Å². The van der Waals surface area contributed by atoms with Crippen molar-refractivity contribution in [1.29, 1.82) is 0 Å². The Morgan fingerprint density at radius 1 is 0.917 bits per heavy atom. The molecule has 7 nitrogen and oxygen atoms in total. The number of rotatable bonds is 8. The molecule has 190 valence electrons. The Morgan fingerprint density at radius 3 is 2.33 bits per heavy atom. The molecule has 1 saturated heterocycles. The fourth-order valence-electron chi connectivity index (χ4n) is 4.14. The van der Waals surface area contributed by atoms with Crippen molar-refractivity contribution in [3.05, 3.63) is 106 Å². The number of methoxy groups -OCH3 is 1. The number of benzene rings is 3. The number of aliphatic hydroxyl groups is 3. The fraction of sp³-hybridized carbons (Fsp3) is 0.321. The smallest absolute Gasteiger partial charge is 0.186 e. The van der Waals surface area contributed by atoms with Crippen molar-refractivity contribution in [2.45, 2.75) is 50.7 Å². The van der Waals surface area contributed by atoms with Gasteiger partial charge in [0.15, 0.2) is 6.29 Å². The number of hydrogen-bond acceptors (Lipinski definition) is 7. The van der Waals surface area contributed by atoms with Gasteiger partial charge in [-0.3, -0.25) is 0 Å². The summed E-state index contributed by atoms with van der Waals surface area (Å²) >= 11 is 6.47. The Morgan fingerprint density at radius 2 is 1.64 bits per heavy atom. The van der Waals surface area contributed by atoms with E-state index in [4.69, 9.17) is 25.9 Å². The van der Waals surface area contributed by atoms with Crippen LogP contribution in [0.4, 0.5) is 0 Å². The molecule has 0 aliphatic carbocycles. The number of nitrogens with zero attached hydrogens (tertiary/aromatic N) is 1.